The van der Waals surface area contributed by atoms with Gasteiger partial charge >= 0.3 is 6.09 Å². The zero-order chi connectivity index (χ0) is 21.2. The van der Waals surface area contributed by atoms with Gasteiger partial charge in [0.05, 0.1) is 11.0 Å². The van der Waals surface area contributed by atoms with Gasteiger partial charge < -0.3 is 15.0 Å². The molecule has 0 bridgehead atoms. The van der Waals surface area contributed by atoms with E-state index >= 15 is 0 Å². The van der Waals surface area contributed by atoms with Crippen molar-refractivity contribution in [2.75, 3.05) is 18.0 Å². The van der Waals surface area contributed by atoms with Crippen LogP contribution in [0.5, 0.6) is 0 Å². The molecule has 1 N–H and O–H groups in total. The third-order valence-corrected chi connectivity index (χ3v) is 4.41. The van der Waals surface area contributed by atoms with Crippen molar-refractivity contribution in [3.63, 3.8) is 0 Å². The molecular formula is C20H25N5O4. The number of nitro groups is 1. The summed E-state index contributed by atoms with van der Waals surface area (Å²) in [5, 5.41) is 13.7. The first kappa shape index (κ1) is 20.5. The monoisotopic (exact) mass is 399 g/mol. The number of nitrogens with zero attached hydrogens (tertiary/aromatic N) is 4. The standard InChI is InChI=1S/C20H25N5O4/c1-13-11-17(23-18(21-13)14-5-7-16(8-6-14)25(27)28)24-10-9-15(12-24)22-19(26)29-20(2,3)4/h5-8,11,15H,9-10,12H2,1-4H3,(H,22,26)/t15-/m1/s1. The van der Waals surface area contributed by atoms with E-state index in [1.165, 1.54) is 12.1 Å². The molecule has 9 nitrogen and oxygen atoms in total. The highest BCUT2D eigenvalue weighted by molar-refractivity contribution is 5.68. The van der Waals surface area contributed by atoms with Gasteiger partial charge in [-0.05, 0) is 46.2 Å². The molecule has 1 aliphatic rings. The van der Waals surface area contributed by atoms with Gasteiger partial charge in [-0.1, -0.05) is 0 Å². The largest absolute Gasteiger partial charge is 0.444 e. The van der Waals surface area contributed by atoms with Gasteiger partial charge in [0.15, 0.2) is 5.82 Å². The number of rotatable bonds is 4. The second kappa shape index (κ2) is 8.02. The SMILES string of the molecule is Cc1cc(N2CC[C@@H](NC(=O)OC(C)(C)C)C2)nc(-c2ccc([N+](=O)[O-])cc2)n1. The van der Waals surface area contributed by atoms with Crippen molar-refractivity contribution in [2.24, 2.45) is 0 Å². The van der Waals surface area contributed by atoms with Crippen molar-refractivity contribution >= 4 is 17.6 Å². The maximum Gasteiger partial charge on any atom is 0.407 e. The third-order valence-electron chi connectivity index (χ3n) is 4.41. The Morgan fingerprint density at radius 1 is 1.28 bits per heavy atom. The molecule has 154 valence electrons. The van der Waals surface area contributed by atoms with E-state index < -0.39 is 16.6 Å². The number of hydrogen-bond acceptors (Lipinski definition) is 7. The highest BCUT2D eigenvalue weighted by Crippen LogP contribution is 2.25. The van der Waals surface area contributed by atoms with Crippen LogP contribution in [0, 0.1) is 17.0 Å². The lowest BCUT2D eigenvalue weighted by Crippen LogP contribution is -2.40. The molecule has 2 aromatic rings. The highest BCUT2D eigenvalue weighted by atomic mass is 16.6. The van der Waals surface area contributed by atoms with Gasteiger partial charge in [0.2, 0.25) is 0 Å². The molecule has 2 heterocycles. The quantitative estimate of drug-likeness (QED) is 0.619. The Morgan fingerprint density at radius 2 is 1.97 bits per heavy atom. The van der Waals surface area contributed by atoms with Gasteiger partial charge in [0.25, 0.3) is 5.69 Å². The zero-order valence-electron chi connectivity index (χ0n) is 17.0. The molecule has 1 atom stereocenters. The predicted octanol–water partition coefficient (Wildman–Crippen LogP) is 3.46. The Kier molecular flexibility index (Phi) is 5.67. The first-order chi connectivity index (χ1) is 13.6. The Balaban J connectivity index is 1.72. The summed E-state index contributed by atoms with van der Waals surface area (Å²) in [4.78, 5) is 33.6. The number of ether oxygens (including phenoxy) is 1. The zero-order valence-corrected chi connectivity index (χ0v) is 17.0. The van der Waals surface area contributed by atoms with E-state index in [0.717, 1.165) is 24.5 Å². The summed E-state index contributed by atoms with van der Waals surface area (Å²) in [6.07, 6.45) is 0.365. The number of amides is 1. The average Bonchev–Trinajstić information content (AvgIpc) is 3.08. The molecule has 1 aromatic heterocycles. The van der Waals surface area contributed by atoms with Crippen LogP contribution in [-0.2, 0) is 4.74 Å². The van der Waals surface area contributed by atoms with Gasteiger partial charge in [-0.15, -0.1) is 0 Å². The Labute approximate surface area is 169 Å². The van der Waals surface area contributed by atoms with Crippen LogP contribution in [0.25, 0.3) is 11.4 Å². The van der Waals surface area contributed by atoms with Gasteiger partial charge in [0, 0.05) is 42.5 Å². The minimum absolute atomic E-state index is 0.0250. The summed E-state index contributed by atoms with van der Waals surface area (Å²) in [5.41, 5.74) is 0.999. The fourth-order valence-corrected chi connectivity index (χ4v) is 3.14. The highest BCUT2D eigenvalue weighted by Gasteiger charge is 2.27. The number of anilines is 1. The Hall–Kier alpha value is -3.23. The molecule has 9 heteroatoms. The topological polar surface area (TPSA) is 110 Å². The molecule has 0 saturated carbocycles. The molecule has 1 aromatic carbocycles. The van der Waals surface area contributed by atoms with Crippen LogP contribution in [0.3, 0.4) is 0 Å². The van der Waals surface area contributed by atoms with Crippen molar-refractivity contribution in [2.45, 2.75) is 45.8 Å². The number of carbonyl (C=O) groups excluding carboxylic acids is 1. The van der Waals surface area contributed by atoms with E-state index in [-0.39, 0.29) is 11.7 Å². The molecule has 0 unspecified atom stereocenters. The number of non-ortho nitro benzene ring substituents is 1. The van der Waals surface area contributed by atoms with E-state index in [1.54, 1.807) is 12.1 Å². The summed E-state index contributed by atoms with van der Waals surface area (Å²) in [7, 11) is 0. The van der Waals surface area contributed by atoms with Crippen LogP contribution in [0.2, 0.25) is 0 Å². The number of benzene rings is 1. The van der Waals surface area contributed by atoms with Crippen LogP contribution < -0.4 is 10.2 Å². The van der Waals surface area contributed by atoms with Crippen molar-refractivity contribution in [3.05, 3.63) is 46.1 Å². The van der Waals surface area contributed by atoms with Crippen molar-refractivity contribution in [3.8, 4) is 11.4 Å². The summed E-state index contributed by atoms with van der Waals surface area (Å²) in [6, 6.07) is 8.04. The second-order valence-electron chi connectivity index (χ2n) is 8.07. The lowest BCUT2D eigenvalue weighted by molar-refractivity contribution is -0.384. The number of nitrogens with one attached hydrogen (secondary N) is 1. The summed E-state index contributed by atoms with van der Waals surface area (Å²) in [6.45, 7) is 8.74. The van der Waals surface area contributed by atoms with E-state index in [9.17, 15) is 14.9 Å². The molecule has 0 radical (unpaired) electrons. The molecule has 29 heavy (non-hydrogen) atoms. The van der Waals surface area contributed by atoms with Gasteiger partial charge in [-0.3, -0.25) is 10.1 Å². The van der Waals surface area contributed by atoms with E-state index in [2.05, 4.69) is 20.2 Å². The van der Waals surface area contributed by atoms with Gasteiger partial charge in [-0.2, -0.15) is 0 Å². The van der Waals surface area contributed by atoms with Crippen molar-refractivity contribution in [1.29, 1.82) is 0 Å². The number of hydrogen-bond donors (Lipinski definition) is 1. The molecule has 1 saturated heterocycles. The maximum atomic E-state index is 12.0. The van der Waals surface area contributed by atoms with Gasteiger partial charge in [0.1, 0.15) is 11.4 Å². The van der Waals surface area contributed by atoms with Crippen molar-refractivity contribution in [1.82, 2.24) is 15.3 Å². The second-order valence-corrected chi connectivity index (χ2v) is 8.07. The molecule has 1 amide bonds. The molecular weight excluding hydrogens is 374 g/mol. The van der Waals surface area contributed by atoms with Crippen LogP contribution in [0.4, 0.5) is 16.3 Å². The normalized spacial score (nSPS) is 16.6. The smallest absolute Gasteiger partial charge is 0.407 e. The number of aromatic nitrogens is 2. The molecule has 3 rings (SSSR count). The van der Waals surface area contributed by atoms with E-state index in [4.69, 9.17) is 4.74 Å². The Morgan fingerprint density at radius 3 is 2.59 bits per heavy atom. The minimum atomic E-state index is -0.536. The molecule has 0 spiro atoms. The lowest BCUT2D eigenvalue weighted by atomic mass is 10.2. The fourth-order valence-electron chi connectivity index (χ4n) is 3.14. The number of alkyl carbamates (subject to hydrolysis) is 1. The van der Waals surface area contributed by atoms with Crippen LogP contribution in [-0.4, -0.2) is 45.7 Å². The van der Waals surface area contributed by atoms with E-state index in [0.29, 0.717) is 17.9 Å². The maximum absolute atomic E-state index is 12.0. The van der Waals surface area contributed by atoms with E-state index in [1.807, 2.05) is 33.8 Å². The van der Waals surface area contributed by atoms with Crippen LogP contribution >= 0.6 is 0 Å². The van der Waals surface area contributed by atoms with Crippen LogP contribution in [0.1, 0.15) is 32.9 Å². The summed E-state index contributed by atoms with van der Waals surface area (Å²) < 4.78 is 5.32. The Bertz CT molecular complexity index is 908. The summed E-state index contributed by atoms with van der Waals surface area (Å²) in [5.74, 6) is 1.28. The van der Waals surface area contributed by atoms with Crippen LogP contribution in [0.15, 0.2) is 30.3 Å². The van der Waals surface area contributed by atoms with Crippen molar-refractivity contribution < 1.29 is 14.5 Å². The third kappa shape index (κ3) is 5.40. The number of aryl methyl sites for hydroxylation is 1. The predicted molar refractivity (Wildman–Crippen MR) is 109 cm³/mol. The lowest BCUT2D eigenvalue weighted by Gasteiger charge is -2.22. The van der Waals surface area contributed by atoms with Gasteiger partial charge in [-0.25, -0.2) is 14.8 Å². The minimum Gasteiger partial charge on any atom is -0.444 e. The average molecular weight is 399 g/mol. The number of carbonyl (C=O) groups is 1. The summed E-state index contributed by atoms with van der Waals surface area (Å²) >= 11 is 0. The molecule has 0 aliphatic carbocycles. The molecule has 1 aliphatic heterocycles. The number of nitro benzene ring substituents is 1. The first-order valence-electron chi connectivity index (χ1n) is 9.46. The fraction of sp³-hybridized carbons (Fsp3) is 0.450. The molecule has 1 fully saturated rings. The first-order valence-corrected chi connectivity index (χ1v) is 9.46.